The third-order valence-electron chi connectivity index (χ3n) is 2.50. The Bertz CT molecular complexity index is 358. The van der Waals surface area contributed by atoms with Gasteiger partial charge in [-0.2, -0.15) is 0 Å². The van der Waals surface area contributed by atoms with Crippen molar-refractivity contribution in [3.05, 3.63) is 29.3 Å². The van der Waals surface area contributed by atoms with Crippen LogP contribution in [-0.4, -0.2) is 19.4 Å². The smallest absolute Gasteiger partial charge is 0.123 e. The Labute approximate surface area is 91.4 Å². The van der Waals surface area contributed by atoms with E-state index in [0.717, 1.165) is 24.1 Å². The fraction of sp³-hybridized carbons (Fsp3) is 0.417. The highest BCUT2D eigenvalue weighted by molar-refractivity contribution is 5.96. The Balaban J connectivity index is 2.96. The highest BCUT2D eigenvalue weighted by atomic mass is 15.1. The first kappa shape index (κ1) is 11.6. The molecule has 0 saturated carbocycles. The summed E-state index contributed by atoms with van der Waals surface area (Å²) in [5, 5.41) is 7.40. The van der Waals surface area contributed by atoms with Gasteiger partial charge in [0.15, 0.2) is 0 Å². The van der Waals surface area contributed by atoms with E-state index in [0.29, 0.717) is 0 Å². The zero-order valence-corrected chi connectivity index (χ0v) is 9.67. The number of aryl methyl sites for hydroxylation is 1. The molecule has 0 amide bonds. The molecule has 15 heavy (non-hydrogen) atoms. The van der Waals surface area contributed by atoms with Gasteiger partial charge in [0.25, 0.3) is 0 Å². The largest absolute Gasteiger partial charge is 0.384 e. The fourth-order valence-electron chi connectivity index (χ4n) is 1.65. The molecule has 0 bridgehead atoms. The van der Waals surface area contributed by atoms with Gasteiger partial charge in [0.05, 0.1) is 0 Å². The molecule has 1 rings (SSSR count). The number of amidine groups is 1. The molecule has 0 fully saturated rings. The monoisotopic (exact) mass is 205 g/mol. The second-order valence-electron chi connectivity index (χ2n) is 3.83. The van der Waals surface area contributed by atoms with E-state index in [4.69, 9.17) is 11.1 Å². The zero-order valence-electron chi connectivity index (χ0n) is 9.67. The van der Waals surface area contributed by atoms with Gasteiger partial charge in [-0.25, -0.2) is 0 Å². The average Bonchev–Trinajstić information content (AvgIpc) is 2.17. The van der Waals surface area contributed by atoms with E-state index in [9.17, 15) is 0 Å². The average molecular weight is 205 g/mol. The van der Waals surface area contributed by atoms with E-state index in [1.54, 1.807) is 0 Å². The molecule has 0 aliphatic heterocycles. The molecule has 0 aliphatic carbocycles. The van der Waals surface area contributed by atoms with Crippen LogP contribution in [0, 0.1) is 12.3 Å². The lowest BCUT2D eigenvalue weighted by Crippen LogP contribution is -2.19. The van der Waals surface area contributed by atoms with Gasteiger partial charge in [-0.15, -0.1) is 0 Å². The standard InChI is InChI=1S/C12H19N3/c1-4-7-15(3)10-5-6-11(12(13)14)9(2)8-10/h5-6,8H,4,7H2,1-3H3,(H3,13,14). The van der Waals surface area contributed by atoms with Crippen LogP contribution in [-0.2, 0) is 0 Å². The Morgan fingerprint density at radius 1 is 1.47 bits per heavy atom. The maximum absolute atomic E-state index is 7.40. The molecule has 82 valence electrons. The lowest BCUT2D eigenvalue weighted by molar-refractivity contribution is 0.852. The van der Waals surface area contributed by atoms with E-state index in [-0.39, 0.29) is 5.84 Å². The molecule has 0 aliphatic rings. The lowest BCUT2D eigenvalue weighted by Gasteiger charge is -2.19. The fourth-order valence-corrected chi connectivity index (χ4v) is 1.65. The summed E-state index contributed by atoms with van der Waals surface area (Å²) in [5.41, 5.74) is 8.53. The van der Waals surface area contributed by atoms with Crippen LogP contribution in [0.5, 0.6) is 0 Å². The number of nitrogens with two attached hydrogens (primary N) is 1. The van der Waals surface area contributed by atoms with Crippen LogP contribution < -0.4 is 10.6 Å². The SMILES string of the molecule is CCCN(C)c1ccc(C(=N)N)c(C)c1. The Morgan fingerprint density at radius 3 is 2.60 bits per heavy atom. The Morgan fingerprint density at radius 2 is 2.13 bits per heavy atom. The minimum atomic E-state index is 0.136. The number of anilines is 1. The summed E-state index contributed by atoms with van der Waals surface area (Å²) < 4.78 is 0. The van der Waals surface area contributed by atoms with E-state index < -0.39 is 0 Å². The van der Waals surface area contributed by atoms with Crippen LogP contribution in [0.25, 0.3) is 0 Å². The predicted octanol–water partition coefficient (Wildman–Crippen LogP) is 2.13. The predicted molar refractivity (Wildman–Crippen MR) is 65.8 cm³/mol. The number of nitrogen functional groups attached to an aromatic ring is 1. The molecular formula is C12H19N3. The van der Waals surface area contributed by atoms with Gasteiger partial charge < -0.3 is 10.6 Å². The number of nitrogens with one attached hydrogen (secondary N) is 1. The summed E-state index contributed by atoms with van der Waals surface area (Å²) in [6.07, 6.45) is 1.13. The van der Waals surface area contributed by atoms with Crippen molar-refractivity contribution < 1.29 is 0 Å². The number of nitrogens with zero attached hydrogens (tertiary/aromatic N) is 1. The molecule has 3 nitrogen and oxygen atoms in total. The van der Waals surface area contributed by atoms with Gasteiger partial charge in [0.1, 0.15) is 5.84 Å². The van der Waals surface area contributed by atoms with Crippen molar-refractivity contribution in [1.82, 2.24) is 0 Å². The topological polar surface area (TPSA) is 53.1 Å². The number of benzene rings is 1. The van der Waals surface area contributed by atoms with Crippen molar-refractivity contribution in [3.63, 3.8) is 0 Å². The van der Waals surface area contributed by atoms with E-state index in [1.807, 2.05) is 19.1 Å². The highest BCUT2D eigenvalue weighted by Gasteiger charge is 2.04. The van der Waals surface area contributed by atoms with Gasteiger partial charge in [-0.1, -0.05) is 6.92 Å². The van der Waals surface area contributed by atoms with Gasteiger partial charge in [0, 0.05) is 24.8 Å². The van der Waals surface area contributed by atoms with Crippen LogP contribution in [0.1, 0.15) is 24.5 Å². The van der Waals surface area contributed by atoms with Gasteiger partial charge in [-0.3, -0.25) is 5.41 Å². The van der Waals surface area contributed by atoms with Crippen molar-refractivity contribution >= 4 is 11.5 Å². The van der Waals surface area contributed by atoms with E-state index >= 15 is 0 Å². The Hall–Kier alpha value is -1.51. The van der Waals surface area contributed by atoms with Crippen LogP contribution in [0.2, 0.25) is 0 Å². The van der Waals surface area contributed by atoms with Crippen molar-refractivity contribution in [2.24, 2.45) is 5.73 Å². The first-order valence-corrected chi connectivity index (χ1v) is 5.22. The zero-order chi connectivity index (χ0) is 11.4. The second-order valence-corrected chi connectivity index (χ2v) is 3.83. The molecule has 0 heterocycles. The molecule has 0 radical (unpaired) electrons. The lowest BCUT2D eigenvalue weighted by atomic mass is 10.1. The van der Waals surface area contributed by atoms with Crippen molar-refractivity contribution in [1.29, 1.82) is 5.41 Å². The second kappa shape index (κ2) is 4.82. The third kappa shape index (κ3) is 2.72. The van der Waals surface area contributed by atoms with Crippen LogP contribution >= 0.6 is 0 Å². The van der Waals surface area contributed by atoms with Crippen molar-refractivity contribution in [2.45, 2.75) is 20.3 Å². The number of rotatable bonds is 4. The maximum atomic E-state index is 7.40. The molecule has 3 heteroatoms. The molecule has 1 aromatic carbocycles. The first-order chi connectivity index (χ1) is 7.06. The van der Waals surface area contributed by atoms with E-state index in [2.05, 4.69) is 24.9 Å². The van der Waals surface area contributed by atoms with E-state index in [1.165, 1.54) is 5.69 Å². The summed E-state index contributed by atoms with van der Waals surface area (Å²) in [6.45, 7) is 5.19. The number of hydrogen-bond donors (Lipinski definition) is 2. The molecule has 0 atom stereocenters. The van der Waals surface area contributed by atoms with Gasteiger partial charge in [-0.05, 0) is 37.1 Å². The third-order valence-corrected chi connectivity index (χ3v) is 2.50. The van der Waals surface area contributed by atoms with Crippen LogP contribution in [0.15, 0.2) is 18.2 Å². The molecule has 1 aromatic rings. The van der Waals surface area contributed by atoms with Crippen LogP contribution in [0.4, 0.5) is 5.69 Å². The maximum Gasteiger partial charge on any atom is 0.123 e. The quantitative estimate of drug-likeness (QED) is 0.584. The normalized spacial score (nSPS) is 10.1. The molecular weight excluding hydrogens is 186 g/mol. The molecule has 3 N–H and O–H groups in total. The number of hydrogen-bond acceptors (Lipinski definition) is 2. The molecule has 0 spiro atoms. The van der Waals surface area contributed by atoms with Gasteiger partial charge >= 0.3 is 0 Å². The minimum Gasteiger partial charge on any atom is -0.384 e. The summed E-state index contributed by atoms with van der Waals surface area (Å²) in [7, 11) is 2.08. The molecule has 0 unspecified atom stereocenters. The molecule has 0 aromatic heterocycles. The highest BCUT2D eigenvalue weighted by Crippen LogP contribution is 2.18. The summed E-state index contributed by atoms with van der Waals surface area (Å²) in [4.78, 5) is 2.21. The van der Waals surface area contributed by atoms with Crippen molar-refractivity contribution in [3.8, 4) is 0 Å². The minimum absolute atomic E-state index is 0.136. The first-order valence-electron chi connectivity index (χ1n) is 5.22. The Kier molecular flexibility index (Phi) is 3.72. The van der Waals surface area contributed by atoms with Gasteiger partial charge in [0.2, 0.25) is 0 Å². The summed E-state index contributed by atoms with van der Waals surface area (Å²) in [5.74, 6) is 0.136. The van der Waals surface area contributed by atoms with Crippen LogP contribution in [0.3, 0.4) is 0 Å². The van der Waals surface area contributed by atoms with Crippen molar-refractivity contribution in [2.75, 3.05) is 18.5 Å². The summed E-state index contributed by atoms with van der Waals surface area (Å²) in [6, 6.07) is 6.00. The summed E-state index contributed by atoms with van der Waals surface area (Å²) >= 11 is 0. The molecule has 0 saturated heterocycles.